The van der Waals surface area contributed by atoms with Crippen LogP contribution in [0.2, 0.25) is 0 Å². The first-order valence-electron chi connectivity index (χ1n) is 7.96. The lowest BCUT2D eigenvalue weighted by molar-refractivity contribution is -0.121. The maximum absolute atomic E-state index is 12.3. The van der Waals surface area contributed by atoms with Crippen LogP contribution in [0.5, 0.6) is 5.75 Å². The highest BCUT2D eigenvalue weighted by atomic mass is 35.5. The van der Waals surface area contributed by atoms with Crippen LogP contribution in [-0.2, 0) is 17.6 Å². The van der Waals surface area contributed by atoms with Crippen LogP contribution in [0, 0.1) is 0 Å². The summed E-state index contributed by atoms with van der Waals surface area (Å²) in [5, 5.41) is 3.16. The predicted octanol–water partition coefficient (Wildman–Crippen LogP) is 3.44. The molecule has 0 aromatic heterocycles. The van der Waals surface area contributed by atoms with Crippen LogP contribution in [0.1, 0.15) is 35.6 Å². The molecule has 3 N–H and O–H groups in total. The number of nitrogen functional groups attached to an aromatic ring is 1. The van der Waals surface area contributed by atoms with Crippen LogP contribution < -0.4 is 15.8 Å². The zero-order valence-electron chi connectivity index (χ0n) is 13.7. The van der Waals surface area contributed by atoms with Gasteiger partial charge in [-0.25, -0.2) is 0 Å². The van der Waals surface area contributed by atoms with Crippen molar-refractivity contribution in [2.45, 2.75) is 31.7 Å². The summed E-state index contributed by atoms with van der Waals surface area (Å²) in [5.41, 5.74) is 10.1. The van der Waals surface area contributed by atoms with Gasteiger partial charge in [-0.2, -0.15) is 0 Å². The number of ether oxygens (including phenoxy) is 1. The number of hydrogen-bond acceptors (Lipinski definition) is 3. The molecule has 0 radical (unpaired) electrons. The van der Waals surface area contributed by atoms with Crippen molar-refractivity contribution >= 4 is 24.0 Å². The number of carbonyl (C=O) groups is 1. The second kappa shape index (κ2) is 8.06. The number of nitrogens with one attached hydrogen (secondary N) is 1. The van der Waals surface area contributed by atoms with Gasteiger partial charge in [-0.05, 0) is 60.2 Å². The van der Waals surface area contributed by atoms with Gasteiger partial charge >= 0.3 is 0 Å². The van der Waals surface area contributed by atoms with Crippen LogP contribution in [0.3, 0.4) is 0 Å². The van der Waals surface area contributed by atoms with E-state index in [4.69, 9.17) is 10.5 Å². The molecule has 0 fully saturated rings. The van der Waals surface area contributed by atoms with Crippen molar-refractivity contribution in [3.8, 4) is 5.75 Å². The molecule has 0 spiro atoms. The minimum atomic E-state index is 0. The Labute approximate surface area is 148 Å². The number of fused-ring (bicyclic) bond motifs is 1. The molecule has 0 bridgehead atoms. The first kappa shape index (κ1) is 18.1. The minimum absolute atomic E-state index is 0. The molecular formula is C19H23ClN2O2. The Hall–Kier alpha value is -2.20. The fourth-order valence-corrected chi connectivity index (χ4v) is 3.16. The number of halogens is 1. The maximum atomic E-state index is 12.3. The van der Waals surface area contributed by atoms with Gasteiger partial charge in [-0.3, -0.25) is 4.79 Å². The van der Waals surface area contributed by atoms with E-state index in [9.17, 15) is 4.79 Å². The average molecular weight is 347 g/mol. The number of rotatable bonds is 4. The summed E-state index contributed by atoms with van der Waals surface area (Å²) < 4.78 is 5.13. The third-order valence-corrected chi connectivity index (χ3v) is 4.34. The third kappa shape index (κ3) is 4.20. The Kier molecular flexibility index (Phi) is 6.10. The first-order valence-corrected chi connectivity index (χ1v) is 7.96. The van der Waals surface area contributed by atoms with Crippen LogP contribution in [0.15, 0.2) is 42.5 Å². The van der Waals surface area contributed by atoms with E-state index in [-0.39, 0.29) is 24.4 Å². The van der Waals surface area contributed by atoms with Crippen molar-refractivity contribution < 1.29 is 9.53 Å². The Bertz CT molecular complexity index is 701. The van der Waals surface area contributed by atoms with Crippen molar-refractivity contribution in [3.63, 3.8) is 0 Å². The van der Waals surface area contributed by atoms with Crippen LogP contribution >= 0.6 is 12.4 Å². The number of nitrogens with two attached hydrogens (primary N) is 1. The predicted molar refractivity (Wildman–Crippen MR) is 98.6 cm³/mol. The molecule has 2 aromatic carbocycles. The van der Waals surface area contributed by atoms with Crippen molar-refractivity contribution in [1.29, 1.82) is 0 Å². The lowest BCUT2D eigenvalue weighted by atomic mass is 9.87. The number of anilines is 1. The van der Waals surface area contributed by atoms with Crippen molar-refractivity contribution in [3.05, 3.63) is 59.2 Å². The van der Waals surface area contributed by atoms with Gasteiger partial charge in [0.25, 0.3) is 0 Å². The minimum Gasteiger partial charge on any atom is -0.497 e. The molecule has 4 nitrogen and oxygen atoms in total. The molecule has 2 aromatic rings. The second-order valence-corrected chi connectivity index (χ2v) is 6.00. The van der Waals surface area contributed by atoms with E-state index in [0.29, 0.717) is 6.42 Å². The first-order chi connectivity index (χ1) is 11.2. The molecular weight excluding hydrogens is 324 g/mol. The topological polar surface area (TPSA) is 64.3 Å². The normalized spacial score (nSPS) is 15.8. The standard InChI is InChI=1S/C19H22N2O2.ClH/c1-23-16-8-5-13(6-9-16)11-19(22)21-18-4-2-3-14-12-15(20)7-10-17(14)18;/h5-10,12,18H,2-4,11,20H2,1H3,(H,21,22);1H. The Morgan fingerprint density at radius 3 is 2.71 bits per heavy atom. The molecule has 1 aliphatic carbocycles. The largest absolute Gasteiger partial charge is 0.497 e. The number of amides is 1. The lowest BCUT2D eigenvalue weighted by Crippen LogP contribution is -2.32. The fourth-order valence-electron chi connectivity index (χ4n) is 3.16. The fraction of sp³-hybridized carbons (Fsp3) is 0.316. The number of carbonyl (C=O) groups excluding carboxylic acids is 1. The van der Waals surface area contributed by atoms with Gasteiger partial charge in [0, 0.05) is 5.69 Å². The van der Waals surface area contributed by atoms with Gasteiger partial charge in [0.1, 0.15) is 5.75 Å². The molecule has 0 aliphatic heterocycles. The van der Waals surface area contributed by atoms with E-state index < -0.39 is 0 Å². The van der Waals surface area contributed by atoms with Crippen LogP contribution in [0.4, 0.5) is 5.69 Å². The lowest BCUT2D eigenvalue weighted by Gasteiger charge is -2.26. The molecule has 1 unspecified atom stereocenters. The number of benzene rings is 2. The van der Waals surface area contributed by atoms with Gasteiger partial charge in [-0.15, -0.1) is 12.4 Å². The quantitative estimate of drug-likeness (QED) is 0.833. The van der Waals surface area contributed by atoms with Crippen molar-refractivity contribution in [2.75, 3.05) is 12.8 Å². The Morgan fingerprint density at radius 2 is 2.00 bits per heavy atom. The van der Waals surface area contributed by atoms with Gasteiger partial charge < -0.3 is 15.8 Å². The summed E-state index contributed by atoms with van der Waals surface area (Å²) in [6.07, 6.45) is 3.46. The third-order valence-electron chi connectivity index (χ3n) is 4.34. The summed E-state index contributed by atoms with van der Waals surface area (Å²) in [7, 11) is 1.63. The number of hydrogen-bond donors (Lipinski definition) is 2. The van der Waals surface area contributed by atoms with Gasteiger partial charge in [0.05, 0.1) is 19.6 Å². The highest BCUT2D eigenvalue weighted by Gasteiger charge is 2.21. The van der Waals surface area contributed by atoms with Crippen LogP contribution in [-0.4, -0.2) is 13.0 Å². The summed E-state index contributed by atoms with van der Waals surface area (Å²) in [5.74, 6) is 0.845. The summed E-state index contributed by atoms with van der Waals surface area (Å²) in [6.45, 7) is 0. The van der Waals surface area contributed by atoms with E-state index in [1.165, 1.54) is 11.1 Å². The van der Waals surface area contributed by atoms with Gasteiger partial charge in [0.15, 0.2) is 0 Å². The molecule has 1 amide bonds. The smallest absolute Gasteiger partial charge is 0.224 e. The SMILES string of the molecule is COc1ccc(CC(=O)NC2CCCc3cc(N)ccc32)cc1.Cl. The second-order valence-electron chi connectivity index (χ2n) is 6.00. The monoisotopic (exact) mass is 346 g/mol. The molecule has 3 rings (SSSR count). The average Bonchev–Trinajstić information content (AvgIpc) is 2.55. The maximum Gasteiger partial charge on any atom is 0.224 e. The molecule has 1 aliphatic rings. The van der Waals surface area contributed by atoms with Crippen molar-refractivity contribution in [1.82, 2.24) is 5.32 Å². The van der Waals surface area contributed by atoms with Gasteiger partial charge in [0.2, 0.25) is 5.91 Å². The molecule has 24 heavy (non-hydrogen) atoms. The molecule has 1 atom stereocenters. The Balaban J connectivity index is 0.00000208. The summed E-state index contributed by atoms with van der Waals surface area (Å²) in [6, 6.07) is 13.7. The molecule has 0 saturated heterocycles. The van der Waals surface area contributed by atoms with E-state index in [1.807, 2.05) is 42.5 Å². The van der Waals surface area contributed by atoms with E-state index in [1.54, 1.807) is 7.11 Å². The van der Waals surface area contributed by atoms with Crippen LogP contribution in [0.25, 0.3) is 0 Å². The number of aryl methyl sites for hydroxylation is 1. The highest BCUT2D eigenvalue weighted by molar-refractivity contribution is 5.85. The molecule has 128 valence electrons. The summed E-state index contributed by atoms with van der Waals surface area (Å²) >= 11 is 0. The molecule has 0 heterocycles. The van der Waals surface area contributed by atoms with Gasteiger partial charge in [-0.1, -0.05) is 18.2 Å². The molecule has 5 heteroatoms. The van der Waals surface area contributed by atoms with E-state index >= 15 is 0 Å². The Morgan fingerprint density at radius 1 is 1.25 bits per heavy atom. The highest BCUT2D eigenvalue weighted by Crippen LogP contribution is 2.31. The zero-order valence-corrected chi connectivity index (χ0v) is 14.6. The zero-order chi connectivity index (χ0) is 16.2. The van der Waals surface area contributed by atoms with Crippen molar-refractivity contribution in [2.24, 2.45) is 0 Å². The van der Waals surface area contributed by atoms with E-state index in [2.05, 4.69) is 5.32 Å². The summed E-state index contributed by atoms with van der Waals surface area (Å²) in [4.78, 5) is 12.3. The number of methoxy groups -OCH3 is 1. The van der Waals surface area contributed by atoms with E-state index in [0.717, 1.165) is 36.3 Å². The molecule has 0 saturated carbocycles.